The number of imide groups is 1. The average Bonchev–Trinajstić information content (AvgIpc) is 2.31. The fourth-order valence-corrected chi connectivity index (χ4v) is 1.95. The van der Waals surface area contributed by atoms with E-state index in [0.29, 0.717) is 6.42 Å². The minimum absolute atomic E-state index is 0.243. The van der Waals surface area contributed by atoms with E-state index in [-0.39, 0.29) is 6.42 Å². The first-order valence-electron chi connectivity index (χ1n) is 8.95. The fourth-order valence-electron chi connectivity index (χ4n) is 1.95. The summed E-state index contributed by atoms with van der Waals surface area (Å²) in [5.74, 6) is -0.670. The zero-order chi connectivity index (χ0) is 20.9. The number of carbonyl (C=O) groups excluding carboxylic acids is 3. The van der Waals surface area contributed by atoms with Crippen LogP contribution in [0.3, 0.4) is 0 Å². The van der Waals surface area contributed by atoms with Crippen LogP contribution in [0.15, 0.2) is 0 Å². The number of rotatable bonds is 4. The van der Waals surface area contributed by atoms with Gasteiger partial charge in [0.1, 0.15) is 22.8 Å². The van der Waals surface area contributed by atoms with E-state index < -0.39 is 41.0 Å². The van der Waals surface area contributed by atoms with Crippen molar-refractivity contribution in [3.63, 3.8) is 0 Å². The van der Waals surface area contributed by atoms with Crippen LogP contribution in [0.4, 0.5) is 9.59 Å². The van der Waals surface area contributed by atoms with Crippen molar-refractivity contribution in [1.29, 1.82) is 0 Å². The predicted molar refractivity (Wildman–Crippen MR) is 98.8 cm³/mol. The molecule has 0 spiro atoms. The summed E-state index contributed by atoms with van der Waals surface area (Å²) in [6, 6.07) is -1.12. The van der Waals surface area contributed by atoms with Crippen LogP contribution in [-0.4, -0.2) is 45.9 Å². The van der Waals surface area contributed by atoms with Gasteiger partial charge in [-0.25, -0.2) is 14.4 Å². The molecule has 0 saturated carbocycles. The van der Waals surface area contributed by atoms with Gasteiger partial charge in [-0.15, -0.1) is 0 Å². The van der Waals surface area contributed by atoms with Crippen LogP contribution in [0.2, 0.25) is 0 Å². The standard InChI is InChI=1S/C19H35NO6/c1-11-12-13(14(21)24-17(2,3)4)20(15(22)25-18(5,6)7)16(23)26-19(8,9)10/h13H,11-12H2,1-10H3. The Kier molecular flexibility index (Phi) is 8.13. The van der Waals surface area contributed by atoms with E-state index >= 15 is 0 Å². The minimum atomic E-state index is -1.12. The van der Waals surface area contributed by atoms with Gasteiger partial charge in [-0.3, -0.25) is 0 Å². The number of nitrogens with zero attached hydrogens (tertiary/aromatic N) is 1. The van der Waals surface area contributed by atoms with Crippen LogP contribution in [0.5, 0.6) is 0 Å². The molecule has 0 saturated heterocycles. The van der Waals surface area contributed by atoms with Gasteiger partial charge in [-0.1, -0.05) is 13.3 Å². The van der Waals surface area contributed by atoms with Gasteiger partial charge in [-0.2, -0.15) is 4.90 Å². The van der Waals surface area contributed by atoms with Crippen LogP contribution in [0.25, 0.3) is 0 Å². The van der Waals surface area contributed by atoms with Gasteiger partial charge in [0.2, 0.25) is 0 Å². The lowest BCUT2D eigenvalue weighted by molar-refractivity contribution is -0.161. The van der Waals surface area contributed by atoms with Gasteiger partial charge in [0.25, 0.3) is 0 Å². The molecule has 7 nitrogen and oxygen atoms in total. The molecule has 1 atom stereocenters. The Morgan fingerprint density at radius 1 is 0.731 bits per heavy atom. The lowest BCUT2D eigenvalue weighted by Crippen LogP contribution is -2.53. The summed E-state index contributed by atoms with van der Waals surface area (Å²) in [5.41, 5.74) is -2.42. The lowest BCUT2D eigenvalue weighted by atomic mass is 10.1. The highest BCUT2D eigenvalue weighted by molar-refractivity contribution is 5.94. The molecule has 0 aliphatic rings. The summed E-state index contributed by atoms with van der Waals surface area (Å²) in [5, 5.41) is 0. The van der Waals surface area contributed by atoms with Gasteiger partial charge >= 0.3 is 18.2 Å². The Bertz CT molecular complexity index is 480. The molecule has 1 unspecified atom stereocenters. The van der Waals surface area contributed by atoms with E-state index in [1.807, 2.05) is 6.92 Å². The topological polar surface area (TPSA) is 82.1 Å². The summed E-state index contributed by atoms with van der Waals surface area (Å²) in [4.78, 5) is 38.7. The first-order valence-corrected chi connectivity index (χ1v) is 8.95. The van der Waals surface area contributed by atoms with Gasteiger partial charge in [0.05, 0.1) is 0 Å². The molecule has 0 bridgehead atoms. The Morgan fingerprint density at radius 3 is 1.35 bits per heavy atom. The number of carbonyl (C=O) groups is 3. The molecule has 0 rings (SSSR count). The van der Waals surface area contributed by atoms with Crippen LogP contribution in [-0.2, 0) is 19.0 Å². The van der Waals surface area contributed by atoms with Gasteiger partial charge in [0, 0.05) is 0 Å². The van der Waals surface area contributed by atoms with Crippen molar-refractivity contribution in [2.24, 2.45) is 0 Å². The molecule has 7 heteroatoms. The van der Waals surface area contributed by atoms with E-state index in [4.69, 9.17) is 14.2 Å². The maximum Gasteiger partial charge on any atom is 0.420 e. The third-order valence-electron chi connectivity index (χ3n) is 2.73. The van der Waals surface area contributed by atoms with Crippen LogP contribution < -0.4 is 0 Å². The Labute approximate surface area is 157 Å². The van der Waals surface area contributed by atoms with Gasteiger partial charge in [-0.05, 0) is 68.7 Å². The molecule has 26 heavy (non-hydrogen) atoms. The maximum atomic E-state index is 12.7. The van der Waals surface area contributed by atoms with Crippen LogP contribution in [0, 0.1) is 0 Å². The van der Waals surface area contributed by atoms with Crippen molar-refractivity contribution >= 4 is 18.2 Å². The van der Waals surface area contributed by atoms with E-state index in [2.05, 4.69) is 0 Å². The molecule has 0 aromatic rings. The van der Waals surface area contributed by atoms with Gasteiger partial charge in [0.15, 0.2) is 0 Å². The quantitative estimate of drug-likeness (QED) is 0.526. The molecule has 0 radical (unpaired) electrons. The highest BCUT2D eigenvalue weighted by atomic mass is 16.6. The molecule has 0 aromatic carbocycles. The van der Waals surface area contributed by atoms with Crippen molar-refractivity contribution in [3.05, 3.63) is 0 Å². The minimum Gasteiger partial charge on any atom is -0.458 e. The Balaban J connectivity index is 5.83. The normalized spacial score (nSPS) is 13.6. The predicted octanol–water partition coefficient (Wildman–Crippen LogP) is 4.67. The first-order chi connectivity index (χ1) is 11.5. The second-order valence-electron chi connectivity index (χ2n) is 9.17. The molecule has 0 N–H and O–H groups in total. The largest absolute Gasteiger partial charge is 0.458 e. The molecule has 0 aliphatic heterocycles. The summed E-state index contributed by atoms with van der Waals surface area (Å²) in [6.07, 6.45) is -1.06. The SMILES string of the molecule is CCCC(C(=O)OC(C)(C)C)N(C(=O)OC(C)(C)C)C(=O)OC(C)(C)C. The molecule has 0 fully saturated rings. The number of amides is 2. The Hall–Kier alpha value is -1.79. The first kappa shape index (κ1) is 24.2. The highest BCUT2D eigenvalue weighted by Gasteiger charge is 2.41. The van der Waals surface area contributed by atoms with Gasteiger partial charge < -0.3 is 14.2 Å². The highest BCUT2D eigenvalue weighted by Crippen LogP contribution is 2.21. The molecule has 0 aliphatic carbocycles. The second-order valence-corrected chi connectivity index (χ2v) is 9.17. The zero-order valence-electron chi connectivity index (χ0n) is 17.9. The monoisotopic (exact) mass is 373 g/mol. The maximum absolute atomic E-state index is 12.7. The number of ether oxygens (including phenoxy) is 3. The average molecular weight is 373 g/mol. The third-order valence-corrected chi connectivity index (χ3v) is 2.73. The second kappa shape index (κ2) is 8.73. The number of esters is 1. The molecular formula is C19H35NO6. The summed E-state index contributed by atoms with van der Waals surface area (Å²) in [7, 11) is 0. The Morgan fingerprint density at radius 2 is 1.08 bits per heavy atom. The molecule has 152 valence electrons. The lowest BCUT2D eigenvalue weighted by Gasteiger charge is -2.33. The van der Waals surface area contributed by atoms with E-state index in [1.54, 1.807) is 62.3 Å². The van der Waals surface area contributed by atoms with Crippen LogP contribution in [0.1, 0.15) is 82.1 Å². The van der Waals surface area contributed by atoms with Crippen LogP contribution >= 0.6 is 0 Å². The smallest absolute Gasteiger partial charge is 0.420 e. The summed E-state index contributed by atoms with van der Waals surface area (Å²) >= 11 is 0. The fraction of sp³-hybridized carbons (Fsp3) is 0.842. The van der Waals surface area contributed by atoms with E-state index in [1.165, 1.54) is 0 Å². The molecular weight excluding hydrogens is 338 g/mol. The summed E-state index contributed by atoms with van der Waals surface area (Å²) < 4.78 is 16.0. The van der Waals surface area contributed by atoms with Crippen molar-refractivity contribution in [2.45, 2.75) is 105 Å². The zero-order valence-corrected chi connectivity index (χ0v) is 17.9. The number of hydrogen-bond acceptors (Lipinski definition) is 6. The van der Waals surface area contributed by atoms with Crippen molar-refractivity contribution in [1.82, 2.24) is 4.90 Å². The summed E-state index contributed by atoms with van der Waals surface area (Å²) in [6.45, 7) is 17.1. The third kappa shape index (κ3) is 9.63. The molecule has 0 aromatic heterocycles. The molecule has 2 amide bonds. The van der Waals surface area contributed by atoms with Crippen molar-refractivity contribution in [3.8, 4) is 0 Å². The van der Waals surface area contributed by atoms with E-state index in [9.17, 15) is 14.4 Å². The van der Waals surface area contributed by atoms with Crippen molar-refractivity contribution < 1.29 is 28.6 Å². The van der Waals surface area contributed by atoms with Crippen molar-refractivity contribution in [2.75, 3.05) is 0 Å². The number of hydrogen-bond donors (Lipinski definition) is 0. The van der Waals surface area contributed by atoms with E-state index in [0.717, 1.165) is 4.90 Å². The molecule has 0 heterocycles.